The number of amidine groups is 2. The zero-order valence-electron chi connectivity index (χ0n) is 20.4. The van der Waals surface area contributed by atoms with Crippen LogP contribution in [0.1, 0.15) is 38.3 Å². The molecular formula is C31H28N4O2. The van der Waals surface area contributed by atoms with Gasteiger partial charge in [0.25, 0.3) is 11.8 Å². The van der Waals surface area contributed by atoms with Crippen molar-refractivity contribution in [2.24, 2.45) is 9.98 Å². The van der Waals surface area contributed by atoms with Crippen LogP contribution < -0.4 is 10.6 Å². The third-order valence-corrected chi connectivity index (χ3v) is 5.49. The fraction of sp³-hybridized carbons (Fsp3) is 0.0968. The number of carbonyl (C=O) groups is 2. The summed E-state index contributed by atoms with van der Waals surface area (Å²) >= 11 is 0. The highest BCUT2D eigenvalue weighted by atomic mass is 16.2. The number of hydrogen-bond acceptors (Lipinski definition) is 4. The molecule has 0 spiro atoms. The van der Waals surface area contributed by atoms with E-state index < -0.39 is 0 Å². The van der Waals surface area contributed by atoms with E-state index in [1.807, 2.05) is 97.1 Å². The normalized spacial score (nSPS) is 11.6. The van der Waals surface area contributed by atoms with Gasteiger partial charge in [-0.2, -0.15) is 0 Å². The topological polar surface area (TPSA) is 82.9 Å². The highest BCUT2D eigenvalue weighted by Crippen LogP contribution is 2.06. The van der Waals surface area contributed by atoms with Crippen LogP contribution in [0.5, 0.6) is 0 Å². The van der Waals surface area contributed by atoms with E-state index in [1.165, 1.54) is 0 Å². The monoisotopic (exact) mass is 488 g/mol. The lowest BCUT2D eigenvalue weighted by Crippen LogP contribution is -2.32. The molecule has 0 bridgehead atoms. The van der Waals surface area contributed by atoms with Crippen molar-refractivity contribution < 1.29 is 9.59 Å². The van der Waals surface area contributed by atoms with E-state index in [2.05, 4.69) is 20.6 Å². The lowest BCUT2D eigenvalue weighted by atomic mass is 10.1. The number of hydrogen-bond donors (Lipinski definition) is 2. The maximum absolute atomic E-state index is 12.7. The van der Waals surface area contributed by atoms with Gasteiger partial charge in [0.1, 0.15) is 11.7 Å². The molecule has 2 amide bonds. The van der Waals surface area contributed by atoms with E-state index in [0.717, 1.165) is 11.1 Å². The van der Waals surface area contributed by atoms with Gasteiger partial charge in [-0.3, -0.25) is 19.6 Å². The number of nitrogens with zero attached hydrogens (tertiary/aromatic N) is 2. The van der Waals surface area contributed by atoms with Crippen LogP contribution in [0.2, 0.25) is 0 Å². The summed E-state index contributed by atoms with van der Waals surface area (Å²) in [4.78, 5) is 34.8. The molecule has 4 rings (SSSR count). The molecule has 0 aliphatic carbocycles. The zero-order chi connectivity index (χ0) is 25.7. The molecule has 6 nitrogen and oxygen atoms in total. The maximum atomic E-state index is 12.7. The van der Waals surface area contributed by atoms with E-state index in [1.54, 1.807) is 24.3 Å². The highest BCUT2D eigenvalue weighted by molar-refractivity contribution is 6.13. The van der Waals surface area contributed by atoms with Crippen molar-refractivity contribution in [2.75, 3.05) is 13.1 Å². The lowest BCUT2D eigenvalue weighted by Gasteiger charge is -2.10. The molecule has 6 heteroatoms. The smallest absolute Gasteiger partial charge is 0.256 e. The van der Waals surface area contributed by atoms with Crippen molar-refractivity contribution in [1.29, 1.82) is 0 Å². The Morgan fingerprint density at radius 1 is 0.459 bits per heavy atom. The fourth-order valence-electron chi connectivity index (χ4n) is 3.59. The Balaban J connectivity index is 1.44. The predicted octanol–water partition coefficient (Wildman–Crippen LogP) is 5.13. The van der Waals surface area contributed by atoms with Crippen molar-refractivity contribution in [2.45, 2.75) is 6.42 Å². The van der Waals surface area contributed by atoms with Gasteiger partial charge in [0.15, 0.2) is 0 Å². The molecule has 0 saturated carbocycles. The van der Waals surface area contributed by atoms with Crippen LogP contribution in [-0.2, 0) is 0 Å². The van der Waals surface area contributed by atoms with E-state index in [9.17, 15) is 9.59 Å². The maximum Gasteiger partial charge on any atom is 0.256 e. The number of benzene rings is 4. The van der Waals surface area contributed by atoms with E-state index >= 15 is 0 Å². The fourth-order valence-corrected chi connectivity index (χ4v) is 3.59. The summed E-state index contributed by atoms with van der Waals surface area (Å²) in [5.41, 5.74) is 2.79. The summed E-state index contributed by atoms with van der Waals surface area (Å²) in [5.74, 6) is 0.602. The van der Waals surface area contributed by atoms with Gasteiger partial charge in [-0.25, -0.2) is 0 Å². The first-order valence-corrected chi connectivity index (χ1v) is 12.1. The van der Waals surface area contributed by atoms with Gasteiger partial charge in [-0.1, -0.05) is 97.1 Å². The van der Waals surface area contributed by atoms with E-state index in [-0.39, 0.29) is 11.8 Å². The molecule has 0 unspecified atom stereocenters. The van der Waals surface area contributed by atoms with Gasteiger partial charge in [0, 0.05) is 35.3 Å². The molecule has 4 aromatic carbocycles. The molecule has 0 aliphatic heterocycles. The number of rotatable bonds is 8. The molecule has 0 aromatic heterocycles. The van der Waals surface area contributed by atoms with Crippen LogP contribution >= 0.6 is 0 Å². The van der Waals surface area contributed by atoms with E-state index in [4.69, 9.17) is 0 Å². The highest BCUT2D eigenvalue weighted by Gasteiger charge is 2.11. The zero-order valence-corrected chi connectivity index (χ0v) is 20.4. The van der Waals surface area contributed by atoms with Crippen LogP contribution in [0.4, 0.5) is 0 Å². The number of nitrogens with one attached hydrogen (secondary N) is 2. The second-order valence-corrected chi connectivity index (χ2v) is 8.19. The first-order chi connectivity index (χ1) is 18.2. The molecule has 0 aliphatic rings. The van der Waals surface area contributed by atoms with Gasteiger partial charge in [-0.15, -0.1) is 0 Å². The Bertz CT molecular complexity index is 1250. The number of amides is 2. The van der Waals surface area contributed by atoms with Crippen LogP contribution in [0, 0.1) is 0 Å². The SMILES string of the molecule is O=C(NC(=NCCCN=C(NC(=O)c1ccccc1)c1ccccc1)c1ccccc1)c1ccccc1. The largest absolute Gasteiger partial charge is 0.306 e. The van der Waals surface area contributed by atoms with Gasteiger partial charge in [0.2, 0.25) is 0 Å². The Kier molecular flexibility index (Phi) is 9.08. The summed E-state index contributed by atoms with van der Waals surface area (Å²) in [5, 5.41) is 5.88. The average Bonchev–Trinajstić information content (AvgIpc) is 2.97. The lowest BCUT2D eigenvalue weighted by molar-refractivity contribution is 0.0968. The van der Waals surface area contributed by atoms with Gasteiger partial charge in [-0.05, 0) is 30.7 Å². The molecule has 2 N–H and O–H groups in total. The van der Waals surface area contributed by atoms with Crippen molar-refractivity contribution in [3.8, 4) is 0 Å². The Morgan fingerprint density at radius 3 is 1.08 bits per heavy atom. The average molecular weight is 489 g/mol. The van der Waals surface area contributed by atoms with Crippen LogP contribution in [0.25, 0.3) is 0 Å². The molecule has 0 atom stereocenters. The molecule has 0 heterocycles. The van der Waals surface area contributed by atoms with Gasteiger partial charge < -0.3 is 10.6 Å². The van der Waals surface area contributed by atoms with E-state index in [0.29, 0.717) is 42.3 Å². The summed E-state index contributed by atoms with van der Waals surface area (Å²) in [6.07, 6.45) is 0.634. The second-order valence-electron chi connectivity index (χ2n) is 8.19. The minimum Gasteiger partial charge on any atom is -0.306 e. The van der Waals surface area contributed by atoms with Crippen LogP contribution in [0.3, 0.4) is 0 Å². The Labute approximate surface area is 216 Å². The van der Waals surface area contributed by atoms with Crippen LogP contribution in [-0.4, -0.2) is 36.6 Å². The molecule has 37 heavy (non-hydrogen) atoms. The first-order valence-electron chi connectivity index (χ1n) is 12.1. The molecular weight excluding hydrogens is 460 g/mol. The number of aliphatic imine (C=N–C) groups is 2. The third-order valence-electron chi connectivity index (χ3n) is 5.49. The molecule has 0 radical (unpaired) electrons. The summed E-state index contributed by atoms with van der Waals surface area (Å²) < 4.78 is 0. The van der Waals surface area contributed by atoms with Gasteiger partial charge >= 0.3 is 0 Å². The quantitative estimate of drug-likeness (QED) is 0.205. The number of carbonyl (C=O) groups excluding carboxylic acids is 2. The predicted molar refractivity (Wildman–Crippen MR) is 148 cm³/mol. The Hall–Kier alpha value is -4.84. The summed E-state index contributed by atoms with van der Waals surface area (Å²) in [7, 11) is 0. The minimum absolute atomic E-state index is 0.212. The van der Waals surface area contributed by atoms with Crippen molar-refractivity contribution in [3.05, 3.63) is 144 Å². The molecule has 4 aromatic rings. The standard InChI is InChI=1S/C31H28N4O2/c36-30(26-18-9-3-10-19-26)34-28(24-14-5-1-6-15-24)32-22-13-23-33-29(25-16-7-2-8-17-25)35-31(37)27-20-11-4-12-21-27/h1-12,14-21H,13,22-23H2,(H,32,34,36)(H,33,35,37). The molecule has 0 fully saturated rings. The summed E-state index contributed by atoms with van der Waals surface area (Å²) in [6, 6.07) is 37.2. The first kappa shape index (κ1) is 25.3. The minimum atomic E-state index is -0.212. The van der Waals surface area contributed by atoms with Crippen LogP contribution in [0.15, 0.2) is 131 Å². The third kappa shape index (κ3) is 7.57. The second kappa shape index (κ2) is 13.3. The van der Waals surface area contributed by atoms with Crippen molar-refractivity contribution in [1.82, 2.24) is 10.6 Å². The molecule has 184 valence electrons. The Morgan fingerprint density at radius 2 is 0.757 bits per heavy atom. The van der Waals surface area contributed by atoms with Crippen molar-refractivity contribution in [3.63, 3.8) is 0 Å². The van der Waals surface area contributed by atoms with Gasteiger partial charge in [0.05, 0.1) is 0 Å². The van der Waals surface area contributed by atoms with Crippen molar-refractivity contribution >= 4 is 23.5 Å². The summed E-state index contributed by atoms with van der Waals surface area (Å²) in [6.45, 7) is 0.912. The molecule has 0 saturated heterocycles.